The molecule has 2 fully saturated rings. The zero-order valence-electron chi connectivity index (χ0n) is 19.3. The highest BCUT2D eigenvalue weighted by atomic mass is 16.6. The van der Waals surface area contributed by atoms with Crippen LogP contribution in [-0.4, -0.2) is 48.9 Å². The quantitative estimate of drug-likeness (QED) is 0.220. The van der Waals surface area contributed by atoms with Crippen molar-refractivity contribution in [2.75, 3.05) is 26.2 Å². The van der Waals surface area contributed by atoms with E-state index in [1.807, 2.05) is 42.5 Å². The average molecular weight is 487 g/mol. The molecule has 0 atom stereocenters. The largest absolute Gasteiger partial charge is 0.328 e. The second-order valence-corrected chi connectivity index (χ2v) is 8.83. The van der Waals surface area contributed by atoms with Crippen LogP contribution in [0.5, 0.6) is 0 Å². The summed E-state index contributed by atoms with van der Waals surface area (Å²) in [6.45, 7) is 1.67. The summed E-state index contributed by atoms with van der Waals surface area (Å²) in [4.78, 5) is 50.5. The van der Waals surface area contributed by atoms with Crippen molar-refractivity contribution in [1.82, 2.24) is 20.4 Å². The fourth-order valence-corrected chi connectivity index (χ4v) is 5.38. The Balaban J connectivity index is 1.73. The topological polar surface area (TPSA) is 130 Å². The Hall–Kier alpha value is -4.41. The van der Waals surface area contributed by atoms with E-state index in [0.29, 0.717) is 37.4 Å². The molecule has 5 rings (SSSR count). The SMILES string of the molecule is O=C1NC(=O)C(c2ccc(-c3ccccc3)cc2)([N+]2(c3ccc([N+](=O)[O-])cc3)CCNCC2)C(=O)N1. The number of carbonyl (C=O) groups is 3. The van der Waals surface area contributed by atoms with E-state index in [9.17, 15) is 24.5 Å². The molecule has 0 aromatic heterocycles. The van der Waals surface area contributed by atoms with E-state index >= 15 is 0 Å². The van der Waals surface area contributed by atoms with E-state index in [2.05, 4.69) is 16.0 Å². The van der Waals surface area contributed by atoms with Gasteiger partial charge in [-0.05, 0) is 11.1 Å². The normalized spacial score (nSPS) is 18.7. The zero-order valence-corrected chi connectivity index (χ0v) is 19.3. The van der Waals surface area contributed by atoms with Gasteiger partial charge in [-0.15, -0.1) is 0 Å². The first kappa shape index (κ1) is 23.3. The number of nitrogens with zero attached hydrogens (tertiary/aromatic N) is 2. The highest BCUT2D eigenvalue weighted by Crippen LogP contribution is 2.43. The average Bonchev–Trinajstić information content (AvgIpc) is 2.90. The molecule has 10 heteroatoms. The van der Waals surface area contributed by atoms with Gasteiger partial charge >= 0.3 is 17.8 Å². The molecule has 2 saturated heterocycles. The number of barbiturate groups is 1. The number of benzene rings is 3. The van der Waals surface area contributed by atoms with E-state index < -0.39 is 28.3 Å². The minimum atomic E-state index is -1.83. The van der Waals surface area contributed by atoms with Crippen LogP contribution < -0.4 is 20.4 Å². The fraction of sp³-hybridized carbons (Fsp3) is 0.192. The van der Waals surface area contributed by atoms with Crippen LogP contribution in [0.15, 0.2) is 78.9 Å². The lowest BCUT2D eigenvalue weighted by atomic mass is 9.80. The second-order valence-electron chi connectivity index (χ2n) is 8.83. The van der Waals surface area contributed by atoms with Gasteiger partial charge in [-0.2, -0.15) is 0 Å². The predicted molar refractivity (Wildman–Crippen MR) is 133 cm³/mol. The molecule has 2 aliphatic rings. The molecule has 2 aliphatic heterocycles. The van der Waals surface area contributed by atoms with Crippen LogP contribution in [0.4, 0.5) is 16.2 Å². The van der Waals surface area contributed by atoms with Crippen LogP contribution in [0.2, 0.25) is 0 Å². The van der Waals surface area contributed by atoms with Crippen molar-refractivity contribution in [3.63, 3.8) is 0 Å². The molecule has 182 valence electrons. The van der Waals surface area contributed by atoms with Gasteiger partial charge in [-0.25, -0.2) is 4.79 Å². The number of imide groups is 2. The maximum atomic E-state index is 13.8. The molecule has 0 bridgehead atoms. The first-order valence-electron chi connectivity index (χ1n) is 11.5. The third-order valence-corrected chi connectivity index (χ3v) is 7.06. The van der Waals surface area contributed by atoms with Crippen molar-refractivity contribution in [3.8, 4) is 11.1 Å². The number of nitro groups is 1. The Morgan fingerprint density at radius 1 is 0.750 bits per heavy atom. The number of quaternary nitrogens is 1. The minimum absolute atomic E-state index is 0.0963. The number of nitrogens with one attached hydrogen (secondary N) is 3. The number of urea groups is 1. The molecule has 10 nitrogen and oxygen atoms in total. The van der Waals surface area contributed by atoms with Crippen molar-refractivity contribution in [2.24, 2.45) is 0 Å². The van der Waals surface area contributed by atoms with Crippen LogP contribution in [0.25, 0.3) is 11.1 Å². The molecule has 3 aromatic rings. The smallest absolute Gasteiger partial charge is 0.306 e. The lowest BCUT2D eigenvalue weighted by Crippen LogP contribution is -2.81. The van der Waals surface area contributed by atoms with Crippen molar-refractivity contribution in [2.45, 2.75) is 5.54 Å². The zero-order chi connectivity index (χ0) is 25.3. The molecule has 0 unspecified atom stereocenters. The van der Waals surface area contributed by atoms with Crippen molar-refractivity contribution in [1.29, 1.82) is 0 Å². The molecule has 4 amide bonds. The number of hydrogen-bond donors (Lipinski definition) is 3. The van der Waals surface area contributed by atoms with E-state index in [4.69, 9.17) is 0 Å². The first-order valence-corrected chi connectivity index (χ1v) is 11.5. The van der Waals surface area contributed by atoms with Gasteiger partial charge < -0.3 is 5.32 Å². The fourth-order valence-electron chi connectivity index (χ4n) is 5.38. The van der Waals surface area contributed by atoms with Gasteiger partial charge in [-0.3, -0.25) is 34.8 Å². The molecule has 0 radical (unpaired) electrons. The van der Waals surface area contributed by atoms with Crippen LogP contribution in [0.1, 0.15) is 5.56 Å². The molecule has 3 aromatic carbocycles. The third-order valence-electron chi connectivity index (χ3n) is 7.06. The standard InChI is InChI=1S/C26H23N5O5/c32-23-26(24(33)29-25(34)28-23,20-8-6-19(7-9-20)18-4-2-1-3-5-18)31(16-14-27-15-17-31)22-12-10-21(11-13-22)30(35)36/h1-13,27H,14-17H2,(H-,28,29,32,33,34)/p+1. The summed E-state index contributed by atoms with van der Waals surface area (Å²) in [6, 6.07) is 21.9. The Morgan fingerprint density at radius 2 is 1.31 bits per heavy atom. The summed E-state index contributed by atoms with van der Waals surface area (Å²) in [5, 5.41) is 19.2. The highest BCUT2D eigenvalue weighted by molar-refractivity contribution is 6.23. The Kier molecular flexibility index (Phi) is 5.83. The number of non-ortho nitro benzene ring substituents is 1. The monoisotopic (exact) mass is 486 g/mol. The number of hydrogen-bond acceptors (Lipinski definition) is 6. The van der Waals surface area contributed by atoms with Crippen molar-refractivity contribution < 1.29 is 19.3 Å². The molecule has 0 spiro atoms. The number of piperazine rings is 1. The molecular weight excluding hydrogens is 462 g/mol. The lowest BCUT2D eigenvalue weighted by molar-refractivity contribution is -0.384. The summed E-state index contributed by atoms with van der Waals surface area (Å²) in [5.41, 5.74) is 0.943. The number of amides is 4. The molecule has 3 N–H and O–H groups in total. The van der Waals surface area contributed by atoms with Crippen LogP contribution in [-0.2, 0) is 15.1 Å². The van der Waals surface area contributed by atoms with Crippen LogP contribution in [0, 0.1) is 10.1 Å². The highest BCUT2D eigenvalue weighted by Gasteiger charge is 2.67. The first-order chi connectivity index (χ1) is 17.4. The van der Waals surface area contributed by atoms with Crippen LogP contribution in [0.3, 0.4) is 0 Å². The van der Waals surface area contributed by atoms with Gasteiger partial charge in [0, 0.05) is 42.9 Å². The summed E-state index contributed by atoms with van der Waals surface area (Å²) in [5.74, 6) is -1.46. The summed E-state index contributed by atoms with van der Waals surface area (Å²) in [6.07, 6.45) is 0. The Labute approximate surface area is 206 Å². The molecule has 0 saturated carbocycles. The van der Waals surface area contributed by atoms with E-state index in [-0.39, 0.29) is 10.2 Å². The molecule has 36 heavy (non-hydrogen) atoms. The van der Waals surface area contributed by atoms with Gasteiger partial charge in [0.15, 0.2) is 0 Å². The van der Waals surface area contributed by atoms with Crippen LogP contribution >= 0.6 is 0 Å². The Bertz CT molecular complexity index is 1310. The maximum absolute atomic E-state index is 13.8. The van der Waals surface area contributed by atoms with E-state index in [1.54, 1.807) is 24.3 Å². The molecule has 0 aliphatic carbocycles. The number of nitro benzene ring substituents is 1. The summed E-state index contributed by atoms with van der Waals surface area (Å²) in [7, 11) is 0. The Morgan fingerprint density at radius 3 is 1.86 bits per heavy atom. The predicted octanol–water partition coefficient (Wildman–Crippen LogP) is 2.43. The second kappa shape index (κ2) is 8.99. The van der Waals surface area contributed by atoms with Crippen molar-refractivity contribution in [3.05, 3.63) is 94.5 Å². The summed E-state index contributed by atoms with van der Waals surface area (Å²) >= 11 is 0. The third kappa shape index (κ3) is 3.55. The van der Waals surface area contributed by atoms with Gasteiger partial charge in [0.1, 0.15) is 5.69 Å². The minimum Gasteiger partial charge on any atom is -0.306 e. The summed E-state index contributed by atoms with van der Waals surface area (Å²) < 4.78 is -0.131. The van der Waals surface area contributed by atoms with E-state index in [1.165, 1.54) is 12.1 Å². The van der Waals surface area contributed by atoms with Crippen molar-refractivity contribution >= 4 is 29.2 Å². The molecule has 2 heterocycles. The number of carbonyl (C=O) groups excluding carboxylic acids is 3. The number of rotatable bonds is 5. The van der Waals surface area contributed by atoms with Gasteiger partial charge in [0.25, 0.3) is 11.2 Å². The lowest BCUT2D eigenvalue weighted by Gasteiger charge is -2.53. The van der Waals surface area contributed by atoms with Gasteiger partial charge in [-0.1, -0.05) is 54.6 Å². The van der Waals surface area contributed by atoms with Gasteiger partial charge in [0.2, 0.25) is 0 Å². The van der Waals surface area contributed by atoms with Gasteiger partial charge in [0.05, 0.1) is 18.0 Å². The molecular formula is C26H24N5O5+. The maximum Gasteiger partial charge on any atom is 0.328 e. The van der Waals surface area contributed by atoms with E-state index in [0.717, 1.165) is 11.1 Å².